The first-order chi connectivity index (χ1) is 12.4. The number of halogens is 2. The molecule has 2 amide bonds. The van der Waals surface area contributed by atoms with Gasteiger partial charge >= 0.3 is 0 Å². The molecule has 2 aromatic carbocycles. The van der Waals surface area contributed by atoms with Gasteiger partial charge in [-0.3, -0.25) is 9.59 Å². The second-order valence-corrected chi connectivity index (χ2v) is 6.47. The molecule has 0 spiro atoms. The fraction of sp³-hybridized carbons (Fsp3) is 0.300. The molecule has 4 nitrogen and oxygen atoms in total. The van der Waals surface area contributed by atoms with Crippen LogP contribution in [0.3, 0.4) is 0 Å². The molecule has 0 N–H and O–H groups in total. The summed E-state index contributed by atoms with van der Waals surface area (Å²) in [6.07, 6.45) is 0.332. The van der Waals surface area contributed by atoms with Gasteiger partial charge in [-0.15, -0.1) is 0 Å². The van der Waals surface area contributed by atoms with E-state index in [4.69, 9.17) is 0 Å². The highest BCUT2D eigenvalue weighted by Crippen LogP contribution is 2.14. The lowest BCUT2D eigenvalue weighted by Crippen LogP contribution is -2.51. The Morgan fingerprint density at radius 3 is 2.27 bits per heavy atom. The lowest BCUT2D eigenvalue weighted by Gasteiger charge is -2.35. The van der Waals surface area contributed by atoms with Gasteiger partial charge < -0.3 is 9.80 Å². The normalized spacial score (nSPS) is 14.4. The number of aryl methyl sites for hydroxylation is 1. The zero-order valence-corrected chi connectivity index (χ0v) is 14.5. The molecule has 0 aromatic heterocycles. The van der Waals surface area contributed by atoms with Gasteiger partial charge in [0.25, 0.3) is 5.91 Å². The first-order valence-electron chi connectivity index (χ1n) is 8.51. The van der Waals surface area contributed by atoms with E-state index in [9.17, 15) is 18.4 Å². The highest BCUT2D eigenvalue weighted by atomic mass is 19.2. The van der Waals surface area contributed by atoms with Crippen LogP contribution in [-0.2, 0) is 11.2 Å². The Hall–Kier alpha value is -2.76. The van der Waals surface area contributed by atoms with Crippen LogP contribution in [0.15, 0.2) is 42.5 Å². The highest BCUT2D eigenvalue weighted by molar-refractivity contribution is 5.94. The predicted molar refractivity (Wildman–Crippen MR) is 93.7 cm³/mol. The van der Waals surface area contributed by atoms with Crippen molar-refractivity contribution < 1.29 is 18.4 Å². The van der Waals surface area contributed by atoms with E-state index in [1.807, 2.05) is 31.2 Å². The van der Waals surface area contributed by atoms with Crippen LogP contribution in [0, 0.1) is 18.6 Å². The quantitative estimate of drug-likeness (QED) is 0.847. The molecule has 1 fully saturated rings. The Kier molecular flexibility index (Phi) is 5.30. The SMILES string of the molecule is Cc1cccc(CC(=O)N2CCN(C(=O)c3ccc(F)c(F)c3)CC2)c1. The predicted octanol–water partition coefficient (Wildman–Crippen LogP) is 2.80. The molecule has 0 radical (unpaired) electrons. The molecular formula is C20H20F2N2O2. The molecule has 0 saturated carbocycles. The van der Waals surface area contributed by atoms with E-state index in [2.05, 4.69) is 0 Å². The van der Waals surface area contributed by atoms with Crippen LogP contribution in [0.5, 0.6) is 0 Å². The number of benzene rings is 2. The zero-order valence-electron chi connectivity index (χ0n) is 14.5. The lowest BCUT2D eigenvalue weighted by atomic mass is 10.1. The maximum absolute atomic E-state index is 13.3. The topological polar surface area (TPSA) is 40.6 Å². The molecule has 26 heavy (non-hydrogen) atoms. The summed E-state index contributed by atoms with van der Waals surface area (Å²) in [5.74, 6) is -2.35. The minimum absolute atomic E-state index is 0.0236. The van der Waals surface area contributed by atoms with Gasteiger partial charge in [0.2, 0.25) is 5.91 Å². The molecule has 0 aliphatic carbocycles. The fourth-order valence-electron chi connectivity index (χ4n) is 3.08. The summed E-state index contributed by atoms with van der Waals surface area (Å²) in [6.45, 7) is 3.59. The Morgan fingerprint density at radius 2 is 1.62 bits per heavy atom. The van der Waals surface area contributed by atoms with E-state index in [0.29, 0.717) is 32.6 Å². The average Bonchev–Trinajstić information content (AvgIpc) is 2.63. The van der Waals surface area contributed by atoms with Crippen molar-refractivity contribution in [1.82, 2.24) is 9.80 Å². The first kappa shape index (κ1) is 18.0. The van der Waals surface area contributed by atoms with Gasteiger partial charge in [-0.25, -0.2) is 8.78 Å². The number of nitrogens with zero attached hydrogens (tertiary/aromatic N) is 2. The summed E-state index contributed by atoms with van der Waals surface area (Å²) in [7, 11) is 0. The molecule has 2 aromatic rings. The van der Waals surface area contributed by atoms with Gasteiger partial charge in [-0.1, -0.05) is 29.8 Å². The Bertz CT molecular complexity index is 830. The molecule has 0 atom stereocenters. The van der Waals surface area contributed by atoms with E-state index in [0.717, 1.165) is 23.3 Å². The maximum atomic E-state index is 13.3. The van der Waals surface area contributed by atoms with Crippen molar-refractivity contribution >= 4 is 11.8 Å². The van der Waals surface area contributed by atoms with Crippen molar-refractivity contribution in [2.45, 2.75) is 13.3 Å². The summed E-state index contributed by atoms with van der Waals surface area (Å²) in [5.41, 5.74) is 2.19. The van der Waals surface area contributed by atoms with Crippen LogP contribution in [-0.4, -0.2) is 47.8 Å². The van der Waals surface area contributed by atoms with E-state index >= 15 is 0 Å². The van der Waals surface area contributed by atoms with Crippen molar-refractivity contribution in [3.05, 3.63) is 70.8 Å². The van der Waals surface area contributed by atoms with Crippen molar-refractivity contribution in [3.8, 4) is 0 Å². The van der Waals surface area contributed by atoms with Crippen molar-refractivity contribution in [1.29, 1.82) is 0 Å². The van der Waals surface area contributed by atoms with Crippen LogP contribution in [0.1, 0.15) is 21.5 Å². The fourth-order valence-corrected chi connectivity index (χ4v) is 3.08. The van der Waals surface area contributed by atoms with E-state index < -0.39 is 11.6 Å². The van der Waals surface area contributed by atoms with E-state index in [1.54, 1.807) is 9.80 Å². The molecule has 1 aliphatic heterocycles. The molecule has 1 saturated heterocycles. The highest BCUT2D eigenvalue weighted by Gasteiger charge is 2.25. The molecule has 0 unspecified atom stereocenters. The van der Waals surface area contributed by atoms with Crippen LogP contribution >= 0.6 is 0 Å². The summed E-state index contributed by atoms with van der Waals surface area (Å²) < 4.78 is 26.3. The third-order valence-electron chi connectivity index (χ3n) is 4.52. The van der Waals surface area contributed by atoms with Crippen molar-refractivity contribution in [2.24, 2.45) is 0 Å². The summed E-state index contributed by atoms with van der Waals surface area (Å²) >= 11 is 0. The number of hydrogen-bond acceptors (Lipinski definition) is 2. The first-order valence-corrected chi connectivity index (χ1v) is 8.51. The summed E-state index contributed by atoms with van der Waals surface area (Å²) in [6, 6.07) is 11.0. The van der Waals surface area contributed by atoms with Crippen LogP contribution in [0.25, 0.3) is 0 Å². The Balaban J connectivity index is 1.57. The van der Waals surface area contributed by atoms with Crippen LogP contribution in [0.4, 0.5) is 8.78 Å². The number of carbonyl (C=O) groups is 2. The third kappa shape index (κ3) is 4.07. The van der Waals surface area contributed by atoms with Gasteiger partial charge in [0.05, 0.1) is 6.42 Å². The lowest BCUT2D eigenvalue weighted by molar-refractivity contribution is -0.131. The van der Waals surface area contributed by atoms with Gasteiger partial charge in [0.15, 0.2) is 11.6 Å². The monoisotopic (exact) mass is 358 g/mol. The van der Waals surface area contributed by atoms with E-state index in [-0.39, 0.29) is 17.4 Å². The minimum Gasteiger partial charge on any atom is -0.339 e. The Morgan fingerprint density at radius 1 is 0.923 bits per heavy atom. The van der Waals surface area contributed by atoms with Crippen LogP contribution in [0.2, 0.25) is 0 Å². The van der Waals surface area contributed by atoms with Crippen LogP contribution < -0.4 is 0 Å². The van der Waals surface area contributed by atoms with Crippen molar-refractivity contribution in [2.75, 3.05) is 26.2 Å². The van der Waals surface area contributed by atoms with Gasteiger partial charge in [0.1, 0.15) is 0 Å². The molecule has 1 aliphatic rings. The second-order valence-electron chi connectivity index (χ2n) is 6.47. The number of carbonyl (C=O) groups excluding carboxylic acids is 2. The van der Waals surface area contributed by atoms with Gasteiger partial charge in [-0.2, -0.15) is 0 Å². The van der Waals surface area contributed by atoms with Crippen molar-refractivity contribution in [3.63, 3.8) is 0 Å². The molecule has 0 bridgehead atoms. The molecule has 136 valence electrons. The molecular weight excluding hydrogens is 338 g/mol. The largest absolute Gasteiger partial charge is 0.339 e. The van der Waals surface area contributed by atoms with E-state index in [1.165, 1.54) is 6.07 Å². The average molecular weight is 358 g/mol. The smallest absolute Gasteiger partial charge is 0.254 e. The standard InChI is InChI=1S/C20H20F2N2O2/c1-14-3-2-4-15(11-14)12-19(25)23-7-9-24(10-8-23)20(26)16-5-6-17(21)18(22)13-16/h2-6,11,13H,7-10,12H2,1H3. The summed E-state index contributed by atoms with van der Waals surface area (Å²) in [5, 5.41) is 0. The number of amides is 2. The maximum Gasteiger partial charge on any atom is 0.254 e. The van der Waals surface area contributed by atoms with Gasteiger partial charge in [0, 0.05) is 31.7 Å². The Labute approximate surface area is 151 Å². The molecule has 6 heteroatoms. The zero-order chi connectivity index (χ0) is 18.7. The van der Waals surface area contributed by atoms with Gasteiger partial charge in [-0.05, 0) is 30.7 Å². The minimum atomic E-state index is -1.04. The second kappa shape index (κ2) is 7.64. The number of hydrogen-bond donors (Lipinski definition) is 0. The molecule has 1 heterocycles. The number of rotatable bonds is 3. The third-order valence-corrected chi connectivity index (χ3v) is 4.52. The summed E-state index contributed by atoms with van der Waals surface area (Å²) in [4.78, 5) is 28.1. The molecule has 3 rings (SSSR count). The number of piperazine rings is 1.